The van der Waals surface area contributed by atoms with Gasteiger partial charge in [-0.1, -0.05) is 97.1 Å². The molecule has 1 atom stereocenters. The minimum Gasteiger partial charge on any atom is -0.467 e. The van der Waals surface area contributed by atoms with Gasteiger partial charge in [-0.3, -0.25) is 9.36 Å². The number of alkyl halides is 3. The second-order valence-corrected chi connectivity index (χ2v) is 11.8. The first-order valence-corrected chi connectivity index (χ1v) is 15.4. The number of hydrogen-bond donors (Lipinski definition) is 0. The van der Waals surface area contributed by atoms with E-state index in [0.717, 1.165) is 44.8 Å². The molecule has 0 fully saturated rings. The van der Waals surface area contributed by atoms with Crippen LogP contribution in [-0.2, 0) is 28.5 Å². The van der Waals surface area contributed by atoms with E-state index >= 15 is 0 Å². The number of halogens is 3. The van der Waals surface area contributed by atoms with Crippen molar-refractivity contribution in [2.24, 2.45) is 0 Å². The Kier molecular flexibility index (Phi) is 7.80. The third kappa shape index (κ3) is 5.65. The number of benzene rings is 5. The number of carbonyl (C=O) groups excluding carboxylic acids is 1. The van der Waals surface area contributed by atoms with E-state index in [1.807, 2.05) is 83.8 Å². The fraction of sp³-hybridized carbons (Fsp3) is 0.179. The molecule has 0 radical (unpaired) electrons. The van der Waals surface area contributed by atoms with Crippen LogP contribution in [0.25, 0.3) is 32.7 Å². The van der Waals surface area contributed by atoms with Crippen molar-refractivity contribution in [3.63, 3.8) is 0 Å². The molecule has 0 spiro atoms. The third-order valence-electron chi connectivity index (χ3n) is 9.06. The summed E-state index contributed by atoms with van der Waals surface area (Å²) in [7, 11) is 1.27. The molecule has 8 heteroatoms. The fourth-order valence-electron chi connectivity index (χ4n) is 6.88. The van der Waals surface area contributed by atoms with E-state index in [9.17, 15) is 22.8 Å². The highest BCUT2D eigenvalue weighted by atomic mass is 19.4. The van der Waals surface area contributed by atoms with Crippen LogP contribution in [0.4, 0.5) is 19.0 Å². The van der Waals surface area contributed by atoms with E-state index in [2.05, 4.69) is 6.07 Å². The van der Waals surface area contributed by atoms with Crippen molar-refractivity contribution in [3.05, 3.63) is 148 Å². The molecule has 6 aromatic rings. The molecule has 47 heavy (non-hydrogen) atoms. The van der Waals surface area contributed by atoms with Gasteiger partial charge in [0, 0.05) is 18.2 Å². The largest absolute Gasteiger partial charge is 0.467 e. The van der Waals surface area contributed by atoms with Crippen LogP contribution in [-0.4, -0.2) is 30.7 Å². The number of methoxy groups -OCH3 is 1. The highest BCUT2D eigenvalue weighted by Gasteiger charge is 2.38. The molecule has 236 valence electrons. The van der Waals surface area contributed by atoms with E-state index in [1.165, 1.54) is 23.8 Å². The summed E-state index contributed by atoms with van der Waals surface area (Å²) < 4.78 is 48.7. The molecular weight excluding hydrogens is 601 g/mol. The Morgan fingerprint density at radius 3 is 2.09 bits per heavy atom. The number of anilines is 1. The van der Waals surface area contributed by atoms with Crippen molar-refractivity contribution in [1.82, 2.24) is 4.57 Å². The highest BCUT2D eigenvalue weighted by molar-refractivity contribution is 5.89. The van der Waals surface area contributed by atoms with Gasteiger partial charge in [-0.2, -0.15) is 13.2 Å². The lowest BCUT2D eigenvalue weighted by atomic mass is 9.92. The van der Waals surface area contributed by atoms with Crippen LogP contribution in [0.2, 0.25) is 0 Å². The molecule has 7 rings (SSSR count). The van der Waals surface area contributed by atoms with Gasteiger partial charge in [0.25, 0.3) is 5.56 Å². The molecule has 1 aliphatic rings. The summed E-state index contributed by atoms with van der Waals surface area (Å²) in [6, 6.07) is 33.6. The summed E-state index contributed by atoms with van der Waals surface area (Å²) in [5.74, 6) is -0.166. The van der Waals surface area contributed by atoms with Crippen LogP contribution in [0.15, 0.2) is 120 Å². The van der Waals surface area contributed by atoms with Gasteiger partial charge in [0.15, 0.2) is 6.04 Å². The van der Waals surface area contributed by atoms with Gasteiger partial charge in [0.05, 0.1) is 19.2 Å². The van der Waals surface area contributed by atoms with Gasteiger partial charge < -0.3 is 9.64 Å². The molecule has 0 saturated carbocycles. The number of rotatable bonds is 7. The van der Waals surface area contributed by atoms with Gasteiger partial charge in [-0.05, 0) is 68.8 Å². The summed E-state index contributed by atoms with van der Waals surface area (Å²) in [5, 5.41) is 4.20. The molecule has 5 aromatic carbocycles. The molecule has 0 aliphatic carbocycles. The van der Waals surface area contributed by atoms with E-state index in [-0.39, 0.29) is 6.54 Å². The van der Waals surface area contributed by atoms with Gasteiger partial charge in [-0.15, -0.1) is 0 Å². The predicted molar refractivity (Wildman–Crippen MR) is 179 cm³/mol. The average molecular weight is 633 g/mol. The van der Waals surface area contributed by atoms with Gasteiger partial charge in [0.2, 0.25) is 0 Å². The van der Waals surface area contributed by atoms with Crippen LogP contribution in [0.3, 0.4) is 0 Å². The SMILES string of the molecule is COC(=O)C1CN(CCc2cccc3ccccc23)c2c(-c3cccc(C(F)(F)F)c3)c(Cc3cccc4ccccc34)cc(=O)n21. The molecule has 1 aliphatic heterocycles. The Balaban J connectivity index is 1.43. The minimum atomic E-state index is -4.57. The number of fused-ring (bicyclic) bond motifs is 3. The smallest absolute Gasteiger partial charge is 0.416 e. The topological polar surface area (TPSA) is 51.5 Å². The molecule has 0 saturated heterocycles. The zero-order chi connectivity index (χ0) is 32.7. The number of aromatic nitrogens is 1. The van der Waals surface area contributed by atoms with Crippen molar-refractivity contribution < 1.29 is 22.7 Å². The summed E-state index contributed by atoms with van der Waals surface area (Å²) in [6.07, 6.45) is -3.68. The molecule has 1 aromatic heterocycles. The maximum atomic E-state index is 14.0. The molecule has 2 heterocycles. The van der Waals surface area contributed by atoms with Gasteiger partial charge in [0.1, 0.15) is 5.82 Å². The lowest BCUT2D eigenvalue weighted by molar-refractivity contribution is -0.144. The molecular formula is C39H31F3N2O3. The summed E-state index contributed by atoms with van der Waals surface area (Å²) in [4.78, 5) is 29.0. The number of hydrogen-bond acceptors (Lipinski definition) is 4. The second kappa shape index (κ2) is 12.1. The lowest BCUT2D eigenvalue weighted by Gasteiger charge is -2.24. The van der Waals surface area contributed by atoms with Gasteiger partial charge in [-0.25, -0.2) is 4.79 Å². The predicted octanol–water partition coefficient (Wildman–Crippen LogP) is 8.21. The quantitative estimate of drug-likeness (QED) is 0.167. The van der Waals surface area contributed by atoms with Crippen molar-refractivity contribution in [1.29, 1.82) is 0 Å². The standard InChI is InChI=1S/C39H31F3N2O3/c1-47-38(46)34-24-43(20-19-27-13-6-11-25-9-2-4-17-32(25)27)37-36(29-15-8-16-31(22-29)39(40,41)42)30(23-35(45)44(34)37)21-28-14-7-12-26-10-3-5-18-33(26)28/h2-18,22-23,34H,19-21,24H2,1H3. The zero-order valence-electron chi connectivity index (χ0n) is 25.6. The van der Waals surface area contributed by atoms with Gasteiger partial charge >= 0.3 is 12.1 Å². The molecule has 1 unspecified atom stereocenters. The zero-order valence-corrected chi connectivity index (χ0v) is 25.6. The van der Waals surface area contributed by atoms with E-state index in [0.29, 0.717) is 41.9 Å². The fourth-order valence-corrected chi connectivity index (χ4v) is 6.88. The summed E-state index contributed by atoms with van der Waals surface area (Å²) in [6.45, 7) is 0.570. The first-order chi connectivity index (χ1) is 22.7. The Morgan fingerprint density at radius 2 is 1.40 bits per heavy atom. The van der Waals surface area contributed by atoms with Crippen molar-refractivity contribution >= 4 is 33.3 Å². The van der Waals surface area contributed by atoms with Crippen LogP contribution < -0.4 is 10.5 Å². The Bertz CT molecular complexity index is 2190. The number of pyridine rings is 1. The second-order valence-electron chi connectivity index (χ2n) is 11.8. The third-order valence-corrected chi connectivity index (χ3v) is 9.06. The normalized spacial score (nSPS) is 14.5. The summed E-state index contributed by atoms with van der Waals surface area (Å²) >= 11 is 0. The Labute approximate surface area is 269 Å². The Morgan fingerprint density at radius 1 is 0.787 bits per heavy atom. The number of ether oxygens (including phenoxy) is 1. The molecule has 0 amide bonds. The van der Waals surface area contributed by atoms with E-state index in [1.54, 1.807) is 6.07 Å². The molecule has 0 bridgehead atoms. The van der Waals surface area contributed by atoms with Crippen LogP contribution in [0.1, 0.15) is 28.3 Å². The first-order valence-electron chi connectivity index (χ1n) is 15.4. The maximum Gasteiger partial charge on any atom is 0.416 e. The Hall–Kier alpha value is -5.37. The molecule has 5 nitrogen and oxygen atoms in total. The van der Waals surface area contributed by atoms with Crippen LogP contribution in [0.5, 0.6) is 0 Å². The number of carbonyl (C=O) groups is 1. The number of nitrogens with zero attached hydrogens (tertiary/aromatic N) is 2. The van der Waals surface area contributed by atoms with E-state index in [4.69, 9.17) is 4.74 Å². The van der Waals surface area contributed by atoms with Crippen LogP contribution >= 0.6 is 0 Å². The maximum absolute atomic E-state index is 14.0. The lowest BCUT2D eigenvalue weighted by Crippen LogP contribution is -2.30. The number of esters is 1. The monoisotopic (exact) mass is 632 g/mol. The minimum absolute atomic E-state index is 0.149. The van der Waals surface area contributed by atoms with Crippen molar-refractivity contribution in [3.8, 4) is 11.1 Å². The molecule has 0 N–H and O–H groups in total. The summed E-state index contributed by atoms with van der Waals surface area (Å²) in [5.41, 5.74) is 2.22. The average Bonchev–Trinajstić information content (AvgIpc) is 3.47. The van der Waals surface area contributed by atoms with Crippen LogP contribution in [0, 0.1) is 0 Å². The highest BCUT2D eigenvalue weighted by Crippen LogP contribution is 2.42. The first kappa shape index (κ1) is 30.3. The van der Waals surface area contributed by atoms with E-state index < -0.39 is 29.3 Å². The van der Waals surface area contributed by atoms with Crippen molar-refractivity contribution in [2.75, 3.05) is 25.1 Å². The van der Waals surface area contributed by atoms with Crippen molar-refractivity contribution in [2.45, 2.75) is 25.1 Å².